The largest absolute Gasteiger partial charge is 0.488 e. The molecule has 2 heterocycles. The first-order valence-corrected chi connectivity index (χ1v) is 6.38. The van der Waals surface area contributed by atoms with Crippen molar-refractivity contribution >= 4 is 17.5 Å². The lowest BCUT2D eigenvalue weighted by Crippen LogP contribution is -2.34. The van der Waals surface area contributed by atoms with E-state index in [0.29, 0.717) is 6.54 Å². The van der Waals surface area contributed by atoms with Gasteiger partial charge in [-0.15, -0.1) is 0 Å². The first-order valence-electron chi connectivity index (χ1n) is 6.00. The van der Waals surface area contributed by atoms with E-state index in [1.165, 1.54) is 5.56 Å². The third-order valence-corrected chi connectivity index (χ3v) is 3.20. The van der Waals surface area contributed by atoms with E-state index in [9.17, 15) is 4.79 Å². The van der Waals surface area contributed by atoms with Crippen LogP contribution in [0.3, 0.4) is 0 Å². The van der Waals surface area contributed by atoms with Crippen molar-refractivity contribution in [3.05, 3.63) is 52.9 Å². The van der Waals surface area contributed by atoms with Gasteiger partial charge in [-0.05, 0) is 35.4 Å². The lowest BCUT2D eigenvalue weighted by molar-refractivity contribution is 0.0906. The number of benzene rings is 1. The van der Waals surface area contributed by atoms with Gasteiger partial charge in [0.05, 0.1) is 6.54 Å². The smallest absolute Gasteiger partial charge is 0.287 e. The van der Waals surface area contributed by atoms with Crippen LogP contribution in [0.25, 0.3) is 0 Å². The minimum Gasteiger partial charge on any atom is -0.488 e. The zero-order valence-corrected chi connectivity index (χ0v) is 10.8. The number of fused-ring (bicyclic) bond motifs is 1. The maximum Gasteiger partial charge on any atom is 0.287 e. The maximum absolute atomic E-state index is 11.8. The van der Waals surface area contributed by atoms with Crippen molar-refractivity contribution in [2.24, 2.45) is 0 Å². The number of carbonyl (C=O) groups is 1. The highest BCUT2D eigenvalue weighted by Gasteiger charge is 2.23. The Hall–Kier alpha value is -1.94. The van der Waals surface area contributed by atoms with Gasteiger partial charge in [-0.25, -0.2) is 0 Å². The Balaban J connectivity index is 1.56. The molecule has 1 aromatic heterocycles. The number of amides is 1. The molecule has 19 heavy (non-hydrogen) atoms. The normalized spacial score (nSPS) is 16.8. The fourth-order valence-electron chi connectivity index (χ4n) is 2.10. The first kappa shape index (κ1) is 12.1. The molecule has 0 bridgehead atoms. The fourth-order valence-corrected chi connectivity index (χ4v) is 2.24. The predicted octanol–water partition coefficient (Wildman–Crippen LogP) is 2.67. The molecule has 1 N–H and O–H groups in total. The Labute approximate surface area is 115 Å². The molecule has 4 nitrogen and oxygen atoms in total. The predicted molar refractivity (Wildman–Crippen MR) is 70.6 cm³/mol. The van der Waals surface area contributed by atoms with Crippen LogP contribution in [0.1, 0.15) is 16.1 Å². The second kappa shape index (κ2) is 4.97. The van der Waals surface area contributed by atoms with Crippen LogP contribution < -0.4 is 10.1 Å². The molecule has 5 heteroatoms. The van der Waals surface area contributed by atoms with Gasteiger partial charge in [0.25, 0.3) is 5.91 Å². The van der Waals surface area contributed by atoms with E-state index < -0.39 is 0 Å². The monoisotopic (exact) mass is 277 g/mol. The Morgan fingerprint density at radius 2 is 2.16 bits per heavy atom. The van der Waals surface area contributed by atoms with Gasteiger partial charge in [-0.3, -0.25) is 4.79 Å². The number of furan rings is 1. The standard InChI is InChI=1S/C14H12ClNO3/c15-13-6-5-12(19-13)14(17)16-8-10-7-9-3-1-2-4-11(9)18-10/h1-6,10H,7-8H2,(H,16,17). The van der Waals surface area contributed by atoms with Crippen molar-refractivity contribution in [1.29, 1.82) is 0 Å². The zero-order valence-electron chi connectivity index (χ0n) is 10.1. The van der Waals surface area contributed by atoms with E-state index in [2.05, 4.69) is 5.32 Å². The van der Waals surface area contributed by atoms with Crippen molar-refractivity contribution in [1.82, 2.24) is 5.32 Å². The molecule has 2 aromatic rings. The summed E-state index contributed by atoms with van der Waals surface area (Å²) >= 11 is 5.62. The highest BCUT2D eigenvalue weighted by molar-refractivity contribution is 6.29. The van der Waals surface area contributed by atoms with Crippen molar-refractivity contribution in [3.63, 3.8) is 0 Å². The van der Waals surface area contributed by atoms with Crippen LogP contribution in [-0.4, -0.2) is 18.6 Å². The van der Waals surface area contributed by atoms with Gasteiger partial charge in [0, 0.05) is 6.42 Å². The van der Waals surface area contributed by atoms with E-state index in [-0.39, 0.29) is 23.0 Å². The van der Waals surface area contributed by atoms with Crippen molar-refractivity contribution in [2.75, 3.05) is 6.54 Å². The van der Waals surface area contributed by atoms with Crippen LogP contribution in [0.15, 0.2) is 40.8 Å². The van der Waals surface area contributed by atoms with E-state index in [0.717, 1.165) is 12.2 Å². The zero-order chi connectivity index (χ0) is 13.2. The lowest BCUT2D eigenvalue weighted by atomic mass is 10.1. The van der Waals surface area contributed by atoms with Crippen molar-refractivity contribution < 1.29 is 13.9 Å². The van der Waals surface area contributed by atoms with E-state index in [1.54, 1.807) is 12.1 Å². The Morgan fingerprint density at radius 1 is 1.32 bits per heavy atom. The number of para-hydroxylation sites is 1. The molecule has 1 aliphatic heterocycles. The molecule has 0 radical (unpaired) electrons. The molecule has 0 fully saturated rings. The second-order valence-corrected chi connectivity index (χ2v) is 4.74. The summed E-state index contributed by atoms with van der Waals surface area (Å²) in [5, 5.41) is 2.98. The molecule has 1 amide bonds. The highest BCUT2D eigenvalue weighted by Crippen LogP contribution is 2.27. The van der Waals surface area contributed by atoms with E-state index in [1.807, 2.05) is 24.3 Å². The van der Waals surface area contributed by atoms with Gasteiger partial charge >= 0.3 is 0 Å². The quantitative estimate of drug-likeness (QED) is 0.938. The van der Waals surface area contributed by atoms with Gasteiger partial charge in [-0.2, -0.15) is 0 Å². The SMILES string of the molecule is O=C(NCC1Cc2ccccc2O1)c1ccc(Cl)o1. The molecule has 0 spiro atoms. The summed E-state index contributed by atoms with van der Waals surface area (Å²) in [6.07, 6.45) is 0.766. The third kappa shape index (κ3) is 2.58. The molecule has 1 atom stereocenters. The number of hydrogen-bond donors (Lipinski definition) is 1. The number of rotatable bonds is 3. The van der Waals surface area contributed by atoms with Gasteiger partial charge < -0.3 is 14.5 Å². The Morgan fingerprint density at radius 3 is 2.89 bits per heavy atom. The van der Waals surface area contributed by atoms with E-state index >= 15 is 0 Å². The Bertz CT molecular complexity index is 583. The van der Waals surface area contributed by atoms with E-state index in [4.69, 9.17) is 20.8 Å². The average Bonchev–Trinajstić information content (AvgIpc) is 3.01. The topological polar surface area (TPSA) is 51.5 Å². The van der Waals surface area contributed by atoms with Crippen LogP contribution >= 0.6 is 11.6 Å². The lowest BCUT2D eigenvalue weighted by Gasteiger charge is -2.10. The molecule has 1 aliphatic rings. The molecule has 1 aromatic carbocycles. The first-order chi connectivity index (χ1) is 9.22. The molecular formula is C14H12ClNO3. The van der Waals surface area contributed by atoms with Crippen molar-refractivity contribution in [2.45, 2.75) is 12.5 Å². The molecule has 0 saturated carbocycles. The van der Waals surface area contributed by atoms with Gasteiger partial charge in [-0.1, -0.05) is 18.2 Å². The minimum atomic E-state index is -0.286. The molecular weight excluding hydrogens is 266 g/mol. The molecule has 0 aliphatic carbocycles. The van der Waals surface area contributed by atoms with Gasteiger partial charge in [0.15, 0.2) is 11.0 Å². The third-order valence-electron chi connectivity index (χ3n) is 3.00. The van der Waals surface area contributed by atoms with Crippen LogP contribution in [0, 0.1) is 0 Å². The van der Waals surface area contributed by atoms with Crippen molar-refractivity contribution in [3.8, 4) is 5.75 Å². The summed E-state index contributed by atoms with van der Waals surface area (Å²) < 4.78 is 10.8. The maximum atomic E-state index is 11.8. The second-order valence-electron chi connectivity index (χ2n) is 4.37. The summed E-state index contributed by atoms with van der Waals surface area (Å²) in [6.45, 7) is 0.436. The van der Waals surface area contributed by atoms with Crippen LogP contribution in [0.2, 0.25) is 5.22 Å². The summed E-state index contributed by atoms with van der Waals surface area (Å²) in [6, 6.07) is 11.0. The molecule has 1 unspecified atom stereocenters. The summed E-state index contributed by atoms with van der Waals surface area (Å²) in [7, 11) is 0. The number of hydrogen-bond acceptors (Lipinski definition) is 3. The molecule has 98 valence electrons. The number of nitrogens with one attached hydrogen (secondary N) is 1. The number of halogens is 1. The highest BCUT2D eigenvalue weighted by atomic mass is 35.5. The van der Waals surface area contributed by atoms with Crippen LogP contribution in [-0.2, 0) is 6.42 Å². The van der Waals surface area contributed by atoms with Crippen LogP contribution in [0.5, 0.6) is 5.75 Å². The van der Waals surface area contributed by atoms with Gasteiger partial charge in [0.2, 0.25) is 0 Å². The molecule has 0 saturated heterocycles. The minimum absolute atomic E-state index is 0.0354. The van der Waals surface area contributed by atoms with Crippen LogP contribution in [0.4, 0.5) is 0 Å². The molecule has 3 rings (SSSR count). The summed E-state index contributed by atoms with van der Waals surface area (Å²) in [5.41, 5.74) is 1.17. The summed E-state index contributed by atoms with van der Waals surface area (Å²) in [4.78, 5) is 11.8. The van der Waals surface area contributed by atoms with Gasteiger partial charge in [0.1, 0.15) is 11.9 Å². The number of ether oxygens (including phenoxy) is 1. The Kier molecular flexibility index (Phi) is 3.17. The number of carbonyl (C=O) groups excluding carboxylic acids is 1. The average molecular weight is 278 g/mol. The summed E-state index contributed by atoms with van der Waals surface area (Å²) in [5.74, 6) is 0.815. The fraction of sp³-hybridized carbons (Fsp3) is 0.214.